The van der Waals surface area contributed by atoms with Crippen LogP contribution in [0.2, 0.25) is 0 Å². The molecule has 0 atom stereocenters. The predicted molar refractivity (Wildman–Crippen MR) is 198 cm³/mol. The van der Waals surface area contributed by atoms with E-state index in [0.29, 0.717) is 26.5 Å². The highest BCUT2D eigenvalue weighted by molar-refractivity contribution is 7.17. The van der Waals surface area contributed by atoms with Crippen molar-refractivity contribution in [1.82, 2.24) is 4.98 Å². The van der Waals surface area contributed by atoms with E-state index in [0.717, 1.165) is 11.3 Å². The van der Waals surface area contributed by atoms with Crippen LogP contribution in [0, 0.1) is 0 Å². The van der Waals surface area contributed by atoms with Crippen LogP contribution in [0.5, 0.6) is 5.75 Å². The molecule has 0 saturated carbocycles. The van der Waals surface area contributed by atoms with Gasteiger partial charge in [-0.1, -0.05) is 0 Å². The first-order valence-electron chi connectivity index (χ1n) is 15.0. The van der Waals surface area contributed by atoms with Crippen molar-refractivity contribution in [2.75, 3.05) is 45.1 Å². The maximum atomic E-state index is 11.6. The van der Waals surface area contributed by atoms with Gasteiger partial charge in [-0.3, -0.25) is 24.0 Å². The van der Waals surface area contributed by atoms with Crippen LogP contribution in [0.3, 0.4) is 0 Å². The molecule has 5 N–H and O–H groups in total. The zero-order chi connectivity index (χ0) is 40.1. The van der Waals surface area contributed by atoms with Gasteiger partial charge in [-0.2, -0.15) is 0 Å². The van der Waals surface area contributed by atoms with Gasteiger partial charge in [0.15, 0.2) is 11.3 Å². The normalized spacial score (nSPS) is 9.70. The van der Waals surface area contributed by atoms with Crippen LogP contribution < -0.4 is 16.6 Å². The van der Waals surface area contributed by atoms with Gasteiger partial charge in [0.1, 0.15) is 22.6 Å². The number of fused-ring (bicyclic) bond motifs is 1. The number of nitrogens with two attached hydrogens (primary N) is 1. The minimum Gasteiger partial charge on any atom is -0.505 e. The summed E-state index contributed by atoms with van der Waals surface area (Å²) < 4.78 is 23.3. The molecule has 0 aliphatic rings. The molecule has 0 aliphatic carbocycles. The lowest BCUT2D eigenvalue weighted by Crippen LogP contribution is -2.19. The summed E-state index contributed by atoms with van der Waals surface area (Å²) in [6, 6.07) is 4.91. The summed E-state index contributed by atoms with van der Waals surface area (Å²) in [7, 11) is 2.59. The fourth-order valence-electron chi connectivity index (χ4n) is 3.49. The second-order valence-electron chi connectivity index (χ2n) is 9.28. The summed E-state index contributed by atoms with van der Waals surface area (Å²) in [6.45, 7) is 5.61. The predicted octanol–water partition coefficient (Wildman–Crippen LogP) is 4.72. The highest BCUT2D eigenvalue weighted by Gasteiger charge is 2.21. The molecule has 4 aromatic heterocycles. The number of esters is 5. The maximum Gasteiger partial charge on any atom is 0.350 e. The first kappa shape index (κ1) is 45.7. The summed E-state index contributed by atoms with van der Waals surface area (Å²) in [6.07, 6.45) is -0.723. The van der Waals surface area contributed by atoms with Crippen molar-refractivity contribution >= 4 is 108 Å². The molecule has 21 heteroatoms. The van der Waals surface area contributed by atoms with Crippen molar-refractivity contribution < 1.29 is 62.4 Å². The van der Waals surface area contributed by atoms with Gasteiger partial charge in [0.2, 0.25) is 11.1 Å². The number of halogens is 1. The molecule has 4 heterocycles. The van der Waals surface area contributed by atoms with Crippen LogP contribution in [0.1, 0.15) is 63.3 Å². The number of aromatic nitrogens is 1. The summed E-state index contributed by atoms with van der Waals surface area (Å²) >= 11 is 8.54. The van der Waals surface area contributed by atoms with Crippen molar-refractivity contribution in [3.8, 4) is 5.75 Å². The van der Waals surface area contributed by atoms with Gasteiger partial charge >= 0.3 is 29.8 Å². The number of pyridine rings is 1. The number of aromatic amines is 1. The zero-order valence-electron chi connectivity index (χ0n) is 28.9. The van der Waals surface area contributed by atoms with Crippen LogP contribution >= 0.6 is 45.6 Å². The fourth-order valence-corrected chi connectivity index (χ4v) is 5.90. The quantitative estimate of drug-likeness (QED) is 0.0691. The van der Waals surface area contributed by atoms with Gasteiger partial charge in [-0.05, 0) is 66.7 Å². The number of H-pyrrole nitrogens is 1. The molecule has 0 spiro atoms. The Morgan fingerprint density at radius 3 is 1.83 bits per heavy atom. The number of nitrogens with one attached hydrogen (secondary N) is 2. The number of carbonyl (C=O) groups is 7. The monoisotopic (exact) mass is 817 g/mol. The third-order valence-electron chi connectivity index (χ3n) is 5.65. The van der Waals surface area contributed by atoms with Gasteiger partial charge in [0.25, 0.3) is 5.56 Å². The smallest absolute Gasteiger partial charge is 0.350 e. The number of nitrogen functional groups attached to an aromatic ring is 1. The van der Waals surface area contributed by atoms with Crippen LogP contribution in [0.15, 0.2) is 39.1 Å². The number of ether oxygens (including phenoxy) is 5. The molecule has 4 rings (SSSR count). The average Bonchev–Trinajstić information content (AvgIpc) is 3.86. The van der Waals surface area contributed by atoms with Crippen molar-refractivity contribution in [2.45, 2.75) is 33.6 Å². The van der Waals surface area contributed by atoms with E-state index in [1.807, 2.05) is 0 Å². The molecular formula is C32H36ClN3O14S3. The standard InChI is InChI=1S/C11H13NO5S.C10H9NO4S.C6H7NO2S.C5H7ClO3/c1-3-17-9(14)6-8(13)12-7-4-5-18-10(7)11(15)16-2;1-2-15-10(14)6-7(12)8-5(3-4-16-8)11-9(6)13;1-9-6(8)5-4(7)2-3-10-5;1-2-9-5(8)3-4(6)7/h4-5H,3,6H2,1-2H3,(H,12,13);3-4H,2H2,1H3,(H2,11,12,13);2-3H,7H2,1H3;2-3H2,1H3. The third-order valence-corrected chi connectivity index (χ3v) is 8.51. The second kappa shape index (κ2) is 24.0. The van der Waals surface area contributed by atoms with E-state index in [1.165, 1.54) is 36.9 Å². The number of hydrogen-bond donors (Lipinski definition) is 4. The molecule has 0 radical (unpaired) electrons. The Balaban J connectivity index is 0.000000368. The molecule has 0 saturated heterocycles. The van der Waals surface area contributed by atoms with Gasteiger partial charge in [-0.15, -0.1) is 34.0 Å². The van der Waals surface area contributed by atoms with Gasteiger partial charge in [0.05, 0.1) is 55.6 Å². The number of anilines is 2. The molecular weight excluding hydrogens is 782 g/mol. The van der Waals surface area contributed by atoms with Crippen LogP contribution in [0.25, 0.3) is 10.2 Å². The third kappa shape index (κ3) is 15.4. The first-order valence-corrected chi connectivity index (χ1v) is 18.0. The van der Waals surface area contributed by atoms with Crippen LogP contribution in [-0.4, -0.2) is 85.1 Å². The minimum atomic E-state index is -0.809. The number of methoxy groups -OCH3 is 2. The van der Waals surface area contributed by atoms with E-state index in [2.05, 4.69) is 29.2 Å². The first-order chi connectivity index (χ1) is 25.1. The molecule has 0 unspecified atom stereocenters. The van der Waals surface area contributed by atoms with Crippen molar-refractivity contribution in [3.63, 3.8) is 0 Å². The molecule has 0 aromatic carbocycles. The van der Waals surface area contributed by atoms with Crippen LogP contribution in [-0.2, 0) is 42.9 Å². The Morgan fingerprint density at radius 1 is 0.774 bits per heavy atom. The van der Waals surface area contributed by atoms with Crippen molar-refractivity contribution in [2.24, 2.45) is 0 Å². The lowest BCUT2D eigenvalue weighted by atomic mass is 10.2. The Kier molecular flexibility index (Phi) is 20.7. The van der Waals surface area contributed by atoms with Crippen molar-refractivity contribution in [1.29, 1.82) is 0 Å². The summed E-state index contributed by atoms with van der Waals surface area (Å²) in [5.41, 5.74) is 5.79. The van der Waals surface area contributed by atoms with Gasteiger partial charge in [-0.25, -0.2) is 14.4 Å². The molecule has 4 aromatic rings. The Hall–Kier alpha value is -5.31. The van der Waals surface area contributed by atoms with E-state index < -0.39 is 40.6 Å². The van der Waals surface area contributed by atoms with E-state index >= 15 is 0 Å². The van der Waals surface area contributed by atoms with E-state index in [1.54, 1.807) is 55.1 Å². The van der Waals surface area contributed by atoms with Crippen LogP contribution in [0.4, 0.5) is 11.4 Å². The number of amides is 1. The van der Waals surface area contributed by atoms with E-state index in [4.69, 9.17) is 22.1 Å². The topological polar surface area (TPSA) is 257 Å². The molecule has 0 bridgehead atoms. The van der Waals surface area contributed by atoms with E-state index in [-0.39, 0.29) is 54.8 Å². The number of carbonyl (C=O) groups excluding carboxylic acids is 7. The number of hydrogen-bond acceptors (Lipinski definition) is 18. The SMILES string of the molecule is CCOC(=O)CC(=O)Cl.CCOC(=O)CC(=O)Nc1ccsc1C(=O)OC.CCOC(=O)c1c(O)c2sccc2[nH]c1=O.COC(=O)c1sccc1N. The molecule has 1 amide bonds. The summed E-state index contributed by atoms with van der Waals surface area (Å²) in [5.74, 6) is -3.73. The highest BCUT2D eigenvalue weighted by atomic mass is 35.5. The lowest BCUT2D eigenvalue weighted by molar-refractivity contribution is -0.146. The fraction of sp³-hybridized carbons (Fsp3) is 0.312. The largest absolute Gasteiger partial charge is 0.505 e. The molecule has 0 fully saturated rings. The Morgan fingerprint density at radius 2 is 1.30 bits per heavy atom. The minimum absolute atomic E-state index is 0.153. The van der Waals surface area contributed by atoms with Crippen molar-refractivity contribution in [3.05, 3.63) is 60.0 Å². The number of rotatable bonds is 11. The van der Waals surface area contributed by atoms with Gasteiger partial charge < -0.3 is 44.8 Å². The van der Waals surface area contributed by atoms with Gasteiger partial charge in [0, 0.05) is 0 Å². The number of aromatic hydroxyl groups is 1. The summed E-state index contributed by atoms with van der Waals surface area (Å²) in [4.78, 5) is 91.3. The molecule has 288 valence electrons. The molecule has 0 aliphatic heterocycles. The zero-order valence-corrected chi connectivity index (χ0v) is 32.1. The molecule has 53 heavy (non-hydrogen) atoms. The Labute approximate surface area is 318 Å². The molecule has 17 nitrogen and oxygen atoms in total. The number of thiophene rings is 3. The second-order valence-corrected chi connectivity index (χ2v) is 12.5. The lowest BCUT2D eigenvalue weighted by Gasteiger charge is -2.05. The highest BCUT2D eigenvalue weighted by Crippen LogP contribution is 2.29. The Bertz CT molecular complexity index is 1930. The summed E-state index contributed by atoms with van der Waals surface area (Å²) in [5, 5.41) is 16.7. The van der Waals surface area contributed by atoms with E-state index in [9.17, 15) is 43.5 Å². The average molecular weight is 818 g/mol. The maximum absolute atomic E-state index is 11.6.